The Kier molecular flexibility index (Phi) is 5.49. The molecule has 0 radical (unpaired) electrons. The molecule has 0 N–H and O–H groups in total. The number of para-hydroxylation sites is 1. The van der Waals surface area contributed by atoms with Crippen molar-refractivity contribution in [1.82, 2.24) is 5.01 Å². The molecule has 3 aliphatic rings. The molecule has 2 atom stereocenters. The molecule has 34 heavy (non-hydrogen) atoms. The third-order valence-electron chi connectivity index (χ3n) is 6.51. The minimum atomic E-state index is -0.306. The second kappa shape index (κ2) is 8.93. The standard InChI is InChI=1S/C28H28N2O4/c1-2-3-14-31-21-11-8-19(9-12-21)28-30-24(22-6-4-5-7-25(22)34-28)18-23(29-30)20-10-13-26-27(17-20)33-16-15-32-26/h4-13,17,24,28H,2-3,14-16,18H2,1H3/t24-,28+/m1/s1. The molecule has 0 aromatic heterocycles. The van der Waals surface area contributed by atoms with E-state index in [1.54, 1.807) is 0 Å². The highest BCUT2D eigenvalue weighted by Crippen LogP contribution is 2.48. The summed E-state index contributed by atoms with van der Waals surface area (Å²) in [4.78, 5) is 0. The second-order valence-corrected chi connectivity index (χ2v) is 8.78. The minimum absolute atomic E-state index is 0.110. The lowest BCUT2D eigenvalue weighted by Crippen LogP contribution is -2.33. The minimum Gasteiger partial charge on any atom is -0.494 e. The van der Waals surface area contributed by atoms with Crippen molar-refractivity contribution in [2.75, 3.05) is 19.8 Å². The number of hydrazone groups is 1. The molecule has 0 spiro atoms. The van der Waals surface area contributed by atoms with Gasteiger partial charge in [0, 0.05) is 23.1 Å². The Morgan fingerprint density at radius 2 is 1.76 bits per heavy atom. The lowest BCUT2D eigenvalue weighted by molar-refractivity contribution is -0.0190. The second-order valence-electron chi connectivity index (χ2n) is 8.78. The van der Waals surface area contributed by atoms with Gasteiger partial charge in [-0.1, -0.05) is 31.5 Å². The Morgan fingerprint density at radius 3 is 2.62 bits per heavy atom. The van der Waals surface area contributed by atoms with E-state index in [0.29, 0.717) is 13.2 Å². The van der Waals surface area contributed by atoms with Crippen LogP contribution >= 0.6 is 0 Å². The van der Waals surface area contributed by atoms with Gasteiger partial charge in [0.05, 0.1) is 18.4 Å². The fourth-order valence-electron chi connectivity index (χ4n) is 4.71. The van der Waals surface area contributed by atoms with Crippen molar-refractivity contribution in [3.8, 4) is 23.0 Å². The Balaban J connectivity index is 1.32. The van der Waals surface area contributed by atoms with Crippen molar-refractivity contribution in [2.45, 2.75) is 38.5 Å². The van der Waals surface area contributed by atoms with E-state index in [9.17, 15) is 0 Å². The van der Waals surface area contributed by atoms with Crippen LogP contribution in [0, 0.1) is 0 Å². The van der Waals surface area contributed by atoms with Crippen LogP contribution in [0.25, 0.3) is 0 Å². The molecule has 0 saturated carbocycles. The summed E-state index contributed by atoms with van der Waals surface area (Å²) in [7, 11) is 0. The molecule has 0 saturated heterocycles. The van der Waals surface area contributed by atoms with Crippen LogP contribution in [0.1, 0.15) is 55.1 Å². The first-order valence-corrected chi connectivity index (χ1v) is 12.0. The van der Waals surface area contributed by atoms with Crippen molar-refractivity contribution in [3.05, 3.63) is 83.4 Å². The van der Waals surface area contributed by atoms with Gasteiger partial charge in [0.1, 0.15) is 24.7 Å². The van der Waals surface area contributed by atoms with Gasteiger partial charge in [0.25, 0.3) is 0 Å². The Bertz CT molecular complexity index is 1210. The summed E-state index contributed by atoms with van der Waals surface area (Å²) in [5.41, 5.74) is 4.28. The molecule has 6 rings (SSSR count). The number of ether oxygens (including phenoxy) is 4. The molecule has 0 amide bonds. The zero-order valence-electron chi connectivity index (χ0n) is 19.3. The first-order chi connectivity index (χ1) is 16.8. The Hall–Kier alpha value is -3.67. The van der Waals surface area contributed by atoms with Gasteiger partial charge in [0.15, 0.2) is 11.5 Å². The van der Waals surface area contributed by atoms with Crippen LogP contribution in [0.15, 0.2) is 71.8 Å². The molecule has 0 unspecified atom stereocenters. The summed E-state index contributed by atoms with van der Waals surface area (Å²) >= 11 is 0. The van der Waals surface area contributed by atoms with E-state index in [1.807, 2.05) is 36.4 Å². The molecule has 174 valence electrons. The van der Waals surface area contributed by atoms with E-state index in [-0.39, 0.29) is 12.3 Å². The first kappa shape index (κ1) is 20.9. The monoisotopic (exact) mass is 456 g/mol. The highest BCUT2D eigenvalue weighted by molar-refractivity contribution is 6.02. The highest BCUT2D eigenvalue weighted by Gasteiger charge is 2.41. The number of nitrogens with zero attached hydrogens (tertiary/aromatic N) is 2. The third kappa shape index (κ3) is 3.83. The van der Waals surface area contributed by atoms with Crippen molar-refractivity contribution >= 4 is 5.71 Å². The van der Waals surface area contributed by atoms with Crippen LogP contribution in [-0.4, -0.2) is 30.5 Å². The molecule has 3 heterocycles. The van der Waals surface area contributed by atoms with Gasteiger partial charge >= 0.3 is 0 Å². The topological polar surface area (TPSA) is 52.5 Å². The van der Waals surface area contributed by atoms with Gasteiger partial charge in [-0.2, -0.15) is 5.10 Å². The van der Waals surface area contributed by atoms with Crippen molar-refractivity contribution in [3.63, 3.8) is 0 Å². The third-order valence-corrected chi connectivity index (χ3v) is 6.51. The molecule has 6 heteroatoms. The van der Waals surface area contributed by atoms with Crippen molar-refractivity contribution in [2.24, 2.45) is 5.10 Å². The normalized spacial score (nSPS) is 20.1. The number of hydrogen-bond donors (Lipinski definition) is 0. The predicted octanol–water partition coefficient (Wildman–Crippen LogP) is 5.88. The van der Waals surface area contributed by atoms with Crippen LogP contribution in [0.2, 0.25) is 0 Å². The average Bonchev–Trinajstić information content (AvgIpc) is 3.34. The maximum atomic E-state index is 6.48. The zero-order valence-corrected chi connectivity index (χ0v) is 19.3. The first-order valence-electron chi connectivity index (χ1n) is 12.0. The predicted molar refractivity (Wildman–Crippen MR) is 130 cm³/mol. The van der Waals surface area contributed by atoms with Gasteiger partial charge in [-0.05, 0) is 55.0 Å². The maximum absolute atomic E-state index is 6.48. The molecule has 6 nitrogen and oxygen atoms in total. The number of rotatable bonds is 6. The molecule has 3 aliphatic heterocycles. The molecule has 0 aliphatic carbocycles. The van der Waals surface area contributed by atoms with E-state index in [0.717, 1.165) is 71.3 Å². The summed E-state index contributed by atoms with van der Waals surface area (Å²) in [5.74, 6) is 3.37. The van der Waals surface area contributed by atoms with Crippen LogP contribution in [0.3, 0.4) is 0 Å². The fourth-order valence-corrected chi connectivity index (χ4v) is 4.71. The van der Waals surface area contributed by atoms with Crippen LogP contribution < -0.4 is 18.9 Å². The smallest absolute Gasteiger partial charge is 0.213 e. The Labute approximate surface area is 199 Å². The summed E-state index contributed by atoms with van der Waals surface area (Å²) < 4.78 is 23.8. The van der Waals surface area contributed by atoms with Crippen LogP contribution in [-0.2, 0) is 0 Å². The lowest BCUT2D eigenvalue weighted by Gasteiger charge is -2.38. The lowest BCUT2D eigenvalue weighted by atomic mass is 9.95. The van der Waals surface area contributed by atoms with E-state index < -0.39 is 0 Å². The van der Waals surface area contributed by atoms with Gasteiger partial charge in [-0.25, -0.2) is 5.01 Å². The van der Waals surface area contributed by atoms with Crippen molar-refractivity contribution < 1.29 is 18.9 Å². The molecule has 0 fully saturated rings. The van der Waals surface area contributed by atoms with E-state index in [4.69, 9.17) is 24.0 Å². The molecule has 3 aromatic rings. The van der Waals surface area contributed by atoms with Crippen molar-refractivity contribution in [1.29, 1.82) is 0 Å². The van der Waals surface area contributed by atoms with Gasteiger partial charge in [0.2, 0.25) is 6.23 Å². The van der Waals surface area contributed by atoms with Gasteiger partial charge < -0.3 is 18.9 Å². The maximum Gasteiger partial charge on any atom is 0.213 e. The summed E-state index contributed by atoms with van der Waals surface area (Å²) in [6, 6.07) is 22.6. The number of unbranched alkanes of at least 4 members (excludes halogenated alkanes) is 1. The van der Waals surface area contributed by atoms with Gasteiger partial charge in [-0.3, -0.25) is 0 Å². The molecular formula is C28H28N2O4. The number of benzene rings is 3. The molecule has 0 bridgehead atoms. The molecular weight excluding hydrogens is 428 g/mol. The van der Waals surface area contributed by atoms with Crippen LogP contribution in [0.5, 0.6) is 23.0 Å². The SMILES string of the molecule is CCCCOc1ccc([C@@H]2Oc3ccccc3[C@H]3CC(c4ccc5c(c4)OCCO5)=NN32)cc1. The molecule has 3 aromatic carbocycles. The largest absolute Gasteiger partial charge is 0.494 e. The average molecular weight is 457 g/mol. The van der Waals surface area contributed by atoms with E-state index in [2.05, 4.69) is 42.3 Å². The van der Waals surface area contributed by atoms with E-state index >= 15 is 0 Å². The summed E-state index contributed by atoms with van der Waals surface area (Å²) in [5, 5.41) is 7.17. The van der Waals surface area contributed by atoms with Gasteiger partial charge in [-0.15, -0.1) is 0 Å². The Morgan fingerprint density at radius 1 is 0.941 bits per heavy atom. The quantitative estimate of drug-likeness (QED) is 0.434. The number of hydrogen-bond acceptors (Lipinski definition) is 6. The van der Waals surface area contributed by atoms with Crippen LogP contribution in [0.4, 0.5) is 0 Å². The van der Waals surface area contributed by atoms with E-state index in [1.165, 1.54) is 0 Å². The highest BCUT2D eigenvalue weighted by atomic mass is 16.6. The summed E-state index contributed by atoms with van der Waals surface area (Å²) in [6.07, 6.45) is 2.67. The summed E-state index contributed by atoms with van der Waals surface area (Å²) in [6.45, 7) is 4.05. The number of fused-ring (bicyclic) bond motifs is 4. The zero-order chi connectivity index (χ0) is 22.9. The fraction of sp³-hybridized carbons (Fsp3) is 0.321.